The van der Waals surface area contributed by atoms with Crippen molar-refractivity contribution in [3.8, 4) is 0 Å². The first-order valence-corrected chi connectivity index (χ1v) is 12.0. The average molecular weight is 477 g/mol. The van der Waals surface area contributed by atoms with Crippen LogP contribution in [0.3, 0.4) is 0 Å². The molecule has 33 heavy (non-hydrogen) atoms. The summed E-state index contributed by atoms with van der Waals surface area (Å²) in [4.78, 5) is 33.9. The highest BCUT2D eigenvalue weighted by Crippen LogP contribution is 2.27. The van der Waals surface area contributed by atoms with Crippen LogP contribution in [0.25, 0.3) is 0 Å². The second-order valence-electron chi connectivity index (χ2n) is 7.49. The molecule has 0 atom stereocenters. The quantitative estimate of drug-likeness (QED) is 0.610. The minimum atomic E-state index is -0.496. The highest BCUT2D eigenvalue weighted by molar-refractivity contribution is 7.14. The average Bonchev–Trinajstić information content (AvgIpc) is 3.31. The number of ether oxygens (including phenoxy) is 3. The first kappa shape index (κ1) is 25.1. The van der Waals surface area contributed by atoms with Gasteiger partial charge in [0.05, 0.1) is 37.7 Å². The fourth-order valence-electron chi connectivity index (χ4n) is 3.54. The number of hydrogen-bond donors (Lipinski definition) is 1. The summed E-state index contributed by atoms with van der Waals surface area (Å²) in [5, 5.41) is 5.31. The summed E-state index contributed by atoms with van der Waals surface area (Å²) < 4.78 is 15.6. The lowest BCUT2D eigenvalue weighted by molar-refractivity contribution is 0.0341. The van der Waals surface area contributed by atoms with Gasteiger partial charge in [-0.2, -0.15) is 0 Å². The van der Waals surface area contributed by atoms with E-state index in [0.717, 1.165) is 36.9 Å². The van der Waals surface area contributed by atoms with Crippen molar-refractivity contribution >= 4 is 34.0 Å². The third-order valence-corrected chi connectivity index (χ3v) is 6.33. The number of carbonyl (C=O) groups is 2. The molecule has 2 aromatic rings. The Hall–Kier alpha value is -2.53. The van der Waals surface area contributed by atoms with E-state index in [2.05, 4.69) is 20.1 Å². The molecule has 0 bridgehead atoms. The standard InChI is InChI=1S/C21H26N4O5S.C2H6/c1-28-15-11-25(12-15)21-23-18(13-31-21)19(26)22-17-4-3-14(9-16(17)20(27)29-2)10-24-5-7-30-8-6-24;1-2/h3-4,9,13,15H,5-8,10-12H2,1-2H3,(H,22,26);1-2H3. The summed E-state index contributed by atoms with van der Waals surface area (Å²) in [6.45, 7) is 9.34. The van der Waals surface area contributed by atoms with E-state index in [1.165, 1.54) is 18.4 Å². The van der Waals surface area contributed by atoms with Crippen LogP contribution in [0, 0.1) is 0 Å². The summed E-state index contributed by atoms with van der Waals surface area (Å²) in [7, 11) is 3.02. The lowest BCUT2D eigenvalue weighted by Gasteiger charge is -2.37. The molecule has 2 aliphatic rings. The van der Waals surface area contributed by atoms with Crippen molar-refractivity contribution in [3.05, 3.63) is 40.4 Å². The van der Waals surface area contributed by atoms with E-state index < -0.39 is 5.97 Å². The number of morpholine rings is 1. The molecule has 0 spiro atoms. The van der Waals surface area contributed by atoms with Gasteiger partial charge in [0, 0.05) is 45.2 Å². The highest BCUT2D eigenvalue weighted by atomic mass is 32.1. The molecule has 4 rings (SSSR count). The number of benzene rings is 1. The molecule has 1 N–H and O–H groups in total. The van der Waals surface area contributed by atoms with Gasteiger partial charge in [0.25, 0.3) is 5.91 Å². The number of methoxy groups -OCH3 is 2. The smallest absolute Gasteiger partial charge is 0.339 e. The largest absolute Gasteiger partial charge is 0.465 e. The molecule has 0 saturated carbocycles. The number of carbonyl (C=O) groups excluding carboxylic acids is 2. The van der Waals surface area contributed by atoms with Crippen molar-refractivity contribution in [2.24, 2.45) is 0 Å². The third-order valence-electron chi connectivity index (χ3n) is 5.42. The minimum Gasteiger partial charge on any atom is -0.465 e. The maximum absolute atomic E-state index is 12.8. The Balaban J connectivity index is 0.00000149. The van der Waals surface area contributed by atoms with E-state index in [4.69, 9.17) is 14.2 Å². The number of amides is 1. The van der Waals surface area contributed by atoms with Crippen LogP contribution in [0.15, 0.2) is 23.6 Å². The Morgan fingerprint density at radius 1 is 1.21 bits per heavy atom. The van der Waals surface area contributed by atoms with Gasteiger partial charge >= 0.3 is 5.97 Å². The van der Waals surface area contributed by atoms with Crippen LogP contribution in [-0.4, -0.2) is 81.5 Å². The van der Waals surface area contributed by atoms with Crippen LogP contribution in [0.2, 0.25) is 0 Å². The fraction of sp³-hybridized carbons (Fsp3) is 0.522. The number of anilines is 2. The first-order valence-electron chi connectivity index (χ1n) is 11.1. The van der Waals surface area contributed by atoms with Crippen molar-refractivity contribution in [1.29, 1.82) is 0 Å². The van der Waals surface area contributed by atoms with Gasteiger partial charge in [-0.25, -0.2) is 9.78 Å². The molecule has 0 unspecified atom stereocenters. The number of hydrogen-bond acceptors (Lipinski definition) is 9. The zero-order chi connectivity index (χ0) is 23.8. The zero-order valence-electron chi connectivity index (χ0n) is 19.6. The molecule has 2 aliphatic heterocycles. The summed E-state index contributed by atoms with van der Waals surface area (Å²) in [5.41, 5.74) is 2.01. The van der Waals surface area contributed by atoms with E-state index in [-0.39, 0.29) is 12.0 Å². The van der Waals surface area contributed by atoms with E-state index in [9.17, 15) is 9.59 Å². The fourth-order valence-corrected chi connectivity index (χ4v) is 4.36. The SMILES string of the molecule is CC.COC(=O)c1cc(CN2CCOCC2)ccc1NC(=O)c1csc(N2CC(OC)C2)n1. The topological polar surface area (TPSA) is 93.2 Å². The normalized spacial score (nSPS) is 16.4. The minimum absolute atomic E-state index is 0.208. The molecule has 0 aliphatic carbocycles. The van der Waals surface area contributed by atoms with E-state index in [0.29, 0.717) is 36.7 Å². The monoisotopic (exact) mass is 476 g/mol. The Bertz CT molecular complexity index is 939. The predicted molar refractivity (Wildman–Crippen MR) is 128 cm³/mol. The van der Waals surface area contributed by atoms with Crippen molar-refractivity contribution in [1.82, 2.24) is 9.88 Å². The molecule has 9 nitrogen and oxygen atoms in total. The maximum Gasteiger partial charge on any atom is 0.339 e. The molecule has 2 fully saturated rings. The van der Waals surface area contributed by atoms with Crippen LogP contribution in [0.5, 0.6) is 0 Å². The van der Waals surface area contributed by atoms with Gasteiger partial charge in [-0.15, -0.1) is 11.3 Å². The lowest BCUT2D eigenvalue weighted by atomic mass is 10.1. The number of nitrogens with zero attached hydrogens (tertiary/aromatic N) is 3. The molecule has 1 aromatic carbocycles. The third kappa shape index (κ3) is 6.29. The number of rotatable bonds is 7. The van der Waals surface area contributed by atoms with Crippen molar-refractivity contribution < 1.29 is 23.8 Å². The van der Waals surface area contributed by atoms with Gasteiger partial charge in [0.2, 0.25) is 0 Å². The molecule has 3 heterocycles. The molecule has 2 saturated heterocycles. The summed E-state index contributed by atoms with van der Waals surface area (Å²) in [6, 6.07) is 5.43. The molecule has 10 heteroatoms. The van der Waals surface area contributed by atoms with Gasteiger partial charge in [-0.3, -0.25) is 9.69 Å². The van der Waals surface area contributed by atoms with E-state index >= 15 is 0 Å². The molecular weight excluding hydrogens is 444 g/mol. The van der Waals surface area contributed by atoms with Crippen molar-refractivity contribution in [2.45, 2.75) is 26.5 Å². The first-order chi connectivity index (χ1) is 16.1. The number of esters is 1. The summed E-state index contributed by atoms with van der Waals surface area (Å²) >= 11 is 1.41. The second kappa shape index (κ2) is 12.1. The maximum atomic E-state index is 12.8. The van der Waals surface area contributed by atoms with Crippen LogP contribution >= 0.6 is 11.3 Å². The van der Waals surface area contributed by atoms with Crippen molar-refractivity contribution in [2.75, 3.05) is 63.8 Å². The molecule has 1 aromatic heterocycles. The molecule has 180 valence electrons. The van der Waals surface area contributed by atoms with Crippen LogP contribution < -0.4 is 10.2 Å². The second-order valence-corrected chi connectivity index (χ2v) is 8.33. The van der Waals surface area contributed by atoms with Gasteiger partial charge < -0.3 is 24.4 Å². The van der Waals surface area contributed by atoms with Crippen LogP contribution in [0.4, 0.5) is 10.8 Å². The van der Waals surface area contributed by atoms with Gasteiger partial charge in [0.1, 0.15) is 5.69 Å². The lowest BCUT2D eigenvalue weighted by Crippen LogP contribution is -2.51. The van der Waals surface area contributed by atoms with Gasteiger partial charge in [-0.1, -0.05) is 19.9 Å². The summed E-state index contributed by atoms with van der Waals surface area (Å²) in [5.74, 6) is -0.860. The van der Waals surface area contributed by atoms with Gasteiger partial charge in [-0.05, 0) is 17.7 Å². The van der Waals surface area contributed by atoms with Crippen LogP contribution in [-0.2, 0) is 20.8 Å². The Morgan fingerprint density at radius 3 is 2.61 bits per heavy atom. The molecular formula is C23H32N4O5S. The number of thiazole rings is 1. The van der Waals surface area contributed by atoms with E-state index in [1.807, 2.05) is 19.9 Å². The zero-order valence-corrected chi connectivity index (χ0v) is 20.4. The van der Waals surface area contributed by atoms with Gasteiger partial charge in [0.15, 0.2) is 5.13 Å². The Kier molecular flexibility index (Phi) is 9.19. The molecule has 0 radical (unpaired) electrons. The molecule has 1 amide bonds. The predicted octanol–water partition coefficient (Wildman–Crippen LogP) is 2.88. The number of aromatic nitrogens is 1. The van der Waals surface area contributed by atoms with Crippen LogP contribution in [0.1, 0.15) is 40.3 Å². The van der Waals surface area contributed by atoms with Crippen molar-refractivity contribution in [3.63, 3.8) is 0 Å². The number of nitrogens with one attached hydrogen (secondary N) is 1. The van der Waals surface area contributed by atoms with E-state index in [1.54, 1.807) is 24.6 Å². The highest BCUT2D eigenvalue weighted by Gasteiger charge is 2.29. The Morgan fingerprint density at radius 2 is 1.94 bits per heavy atom. The summed E-state index contributed by atoms with van der Waals surface area (Å²) in [6.07, 6.45) is 0.208. The Labute approximate surface area is 198 Å².